The summed E-state index contributed by atoms with van der Waals surface area (Å²) in [5.74, 6) is 1.04. The maximum Gasteiger partial charge on any atom is 0.269 e. The van der Waals surface area contributed by atoms with E-state index in [-0.39, 0.29) is 17.3 Å². The van der Waals surface area contributed by atoms with Crippen LogP contribution in [0.1, 0.15) is 101 Å². The van der Waals surface area contributed by atoms with Gasteiger partial charge in [-0.05, 0) is 79.0 Å². The Morgan fingerprint density at radius 3 is 2.31 bits per heavy atom. The molecule has 0 heterocycles. The van der Waals surface area contributed by atoms with Gasteiger partial charge in [0.1, 0.15) is 5.82 Å². The molecule has 3 heteroatoms. The summed E-state index contributed by atoms with van der Waals surface area (Å²) in [6, 6.07) is 5.56. The van der Waals surface area contributed by atoms with Crippen molar-refractivity contribution in [2.24, 2.45) is 5.92 Å². The van der Waals surface area contributed by atoms with E-state index in [9.17, 15) is 13.2 Å². The smallest absolute Gasteiger partial charge is 0.207 e. The molecule has 0 bridgehead atoms. The molecule has 0 amide bonds. The number of benzene rings is 1. The van der Waals surface area contributed by atoms with Gasteiger partial charge in [-0.3, -0.25) is 0 Å². The first-order valence-corrected chi connectivity index (χ1v) is 10.4. The first-order valence-electron chi connectivity index (χ1n) is 10.4. The molecule has 26 heavy (non-hydrogen) atoms. The van der Waals surface area contributed by atoms with E-state index in [1.807, 2.05) is 12.1 Å². The highest BCUT2D eigenvalue weighted by Crippen LogP contribution is 2.45. The molecule has 0 saturated heterocycles. The van der Waals surface area contributed by atoms with E-state index < -0.39 is 6.08 Å². The van der Waals surface area contributed by atoms with Gasteiger partial charge in [-0.1, -0.05) is 51.2 Å². The van der Waals surface area contributed by atoms with Crippen LogP contribution in [-0.4, -0.2) is 0 Å². The van der Waals surface area contributed by atoms with E-state index in [2.05, 4.69) is 6.92 Å². The summed E-state index contributed by atoms with van der Waals surface area (Å²) < 4.78 is 39.5. The lowest BCUT2D eigenvalue weighted by Gasteiger charge is -2.31. The van der Waals surface area contributed by atoms with Gasteiger partial charge in [0, 0.05) is 0 Å². The fraction of sp³-hybridized carbons (Fsp3) is 0.652. The second kappa shape index (κ2) is 9.10. The zero-order valence-electron chi connectivity index (χ0n) is 15.9. The van der Waals surface area contributed by atoms with Gasteiger partial charge in [0.15, 0.2) is 0 Å². The van der Waals surface area contributed by atoms with E-state index >= 15 is 0 Å². The molecule has 3 rings (SSSR count). The van der Waals surface area contributed by atoms with Crippen LogP contribution in [0, 0.1) is 11.7 Å². The third-order valence-electron chi connectivity index (χ3n) is 6.50. The molecule has 0 aliphatic heterocycles. The van der Waals surface area contributed by atoms with Gasteiger partial charge in [-0.15, -0.1) is 0 Å². The molecular weight excluding hydrogens is 333 g/mol. The number of halogens is 3. The monoisotopic (exact) mass is 364 g/mol. The summed E-state index contributed by atoms with van der Waals surface area (Å²) in [5.41, 5.74) is 1.90. The van der Waals surface area contributed by atoms with Crippen LogP contribution in [0.3, 0.4) is 0 Å². The molecule has 0 radical (unpaired) electrons. The lowest BCUT2D eigenvalue weighted by molar-refractivity contribution is 0.301. The number of rotatable bonds is 7. The molecule has 1 aromatic rings. The van der Waals surface area contributed by atoms with Gasteiger partial charge in [0.05, 0.1) is 0 Å². The third kappa shape index (κ3) is 4.72. The normalized spacial score (nSPS) is 25.8. The molecule has 0 N–H and O–H groups in total. The second-order valence-electron chi connectivity index (χ2n) is 8.32. The molecule has 2 aliphatic carbocycles. The Labute approximate surface area is 155 Å². The molecule has 2 fully saturated rings. The molecule has 2 aliphatic rings. The molecule has 0 aromatic heterocycles. The number of hydrogen-bond acceptors (Lipinski definition) is 0. The molecule has 2 saturated carbocycles. The fourth-order valence-corrected chi connectivity index (χ4v) is 4.68. The minimum absolute atomic E-state index is 0.0700. The van der Waals surface area contributed by atoms with E-state index in [0.717, 1.165) is 24.3 Å². The van der Waals surface area contributed by atoms with Crippen LogP contribution < -0.4 is 0 Å². The van der Waals surface area contributed by atoms with E-state index in [1.54, 1.807) is 6.07 Å². The molecule has 144 valence electrons. The molecule has 0 nitrogen and oxygen atoms in total. The summed E-state index contributed by atoms with van der Waals surface area (Å²) in [6.07, 6.45) is 10.5. The van der Waals surface area contributed by atoms with Crippen molar-refractivity contribution >= 4 is 0 Å². The van der Waals surface area contributed by atoms with Crippen LogP contribution >= 0.6 is 0 Å². The third-order valence-corrected chi connectivity index (χ3v) is 6.50. The molecule has 1 aromatic carbocycles. The topological polar surface area (TPSA) is 0 Å². The number of hydrogen-bond donors (Lipinski definition) is 0. The number of unbranched alkanes of at least 4 members (excludes halogenated alkanes) is 3. The zero-order valence-corrected chi connectivity index (χ0v) is 15.9. The highest BCUT2D eigenvalue weighted by molar-refractivity contribution is 5.35. The van der Waals surface area contributed by atoms with Crippen LogP contribution in [0.5, 0.6) is 0 Å². The summed E-state index contributed by atoms with van der Waals surface area (Å²) >= 11 is 0. The van der Waals surface area contributed by atoms with Gasteiger partial charge in [0.25, 0.3) is 6.08 Å². The Kier molecular flexibility index (Phi) is 6.83. The quantitative estimate of drug-likeness (QED) is 0.429. The Morgan fingerprint density at radius 1 is 0.962 bits per heavy atom. The van der Waals surface area contributed by atoms with Crippen molar-refractivity contribution in [1.29, 1.82) is 0 Å². The van der Waals surface area contributed by atoms with Crippen LogP contribution in [0.15, 0.2) is 29.9 Å². The van der Waals surface area contributed by atoms with E-state index in [4.69, 9.17) is 0 Å². The van der Waals surface area contributed by atoms with Crippen molar-refractivity contribution in [2.45, 2.75) is 89.4 Å². The Balaban J connectivity index is 1.50. The van der Waals surface area contributed by atoms with Crippen LogP contribution in [0.25, 0.3) is 0 Å². The average Bonchev–Trinajstić information content (AvgIpc) is 2.59. The minimum Gasteiger partial charge on any atom is -0.207 e. The Hall–Kier alpha value is -1.25. The average molecular weight is 364 g/mol. The van der Waals surface area contributed by atoms with Crippen molar-refractivity contribution in [3.63, 3.8) is 0 Å². The van der Waals surface area contributed by atoms with Crippen molar-refractivity contribution in [3.8, 4) is 0 Å². The minimum atomic E-state index is -1.58. The first-order chi connectivity index (χ1) is 12.6. The summed E-state index contributed by atoms with van der Waals surface area (Å²) in [5, 5.41) is 0. The molecule has 0 spiro atoms. The summed E-state index contributed by atoms with van der Waals surface area (Å²) in [6.45, 7) is 2.25. The Bertz CT molecular complexity index is 614. The maximum atomic E-state index is 14.5. The molecule has 0 atom stereocenters. The van der Waals surface area contributed by atoms with Crippen molar-refractivity contribution in [3.05, 3.63) is 46.8 Å². The highest BCUT2D eigenvalue weighted by Gasteiger charge is 2.31. The SMILES string of the molecule is CCCCCCC1CCC(c2ccc(C3CC(=C(F)F)C3)c(F)c2)CC1. The van der Waals surface area contributed by atoms with Crippen LogP contribution in [0.4, 0.5) is 13.2 Å². The van der Waals surface area contributed by atoms with Gasteiger partial charge < -0.3 is 0 Å². The maximum absolute atomic E-state index is 14.5. The predicted molar refractivity (Wildman–Crippen MR) is 101 cm³/mol. The Morgan fingerprint density at radius 2 is 1.69 bits per heavy atom. The predicted octanol–water partition coefficient (Wildman–Crippen LogP) is 8.10. The second-order valence-corrected chi connectivity index (χ2v) is 8.32. The largest absolute Gasteiger partial charge is 0.269 e. The van der Waals surface area contributed by atoms with Crippen molar-refractivity contribution < 1.29 is 13.2 Å². The van der Waals surface area contributed by atoms with Gasteiger partial charge >= 0.3 is 0 Å². The van der Waals surface area contributed by atoms with Gasteiger partial charge in [-0.25, -0.2) is 4.39 Å². The molecular formula is C23H31F3. The number of allylic oxidation sites excluding steroid dienone is 1. The van der Waals surface area contributed by atoms with Crippen molar-refractivity contribution in [1.82, 2.24) is 0 Å². The van der Waals surface area contributed by atoms with E-state index in [0.29, 0.717) is 24.3 Å². The van der Waals surface area contributed by atoms with Gasteiger partial charge in [0.2, 0.25) is 0 Å². The van der Waals surface area contributed by atoms with Crippen molar-refractivity contribution in [2.75, 3.05) is 0 Å². The van der Waals surface area contributed by atoms with Crippen LogP contribution in [0.2, 0.25) is 0 Å². The van der Waals surface area contributed by atoms with Gasteiger partial charge in [-0.2, -0.15) is 8.78 Å². The first kappa shape index (κ1) is 19.5. The van der Waals surface area contributed by atoms with Crippen LogP contribution in [-0.2, 0) is 0 Å². The standard InChI is InChI=1S/C23H31F3/c1-2-3-4-5-6-16-7-9-17(10-8-16)18-11-12-21(22(24)15-18)19-13-20(14-19)23(25)26/h11-12,15-17,19H,2-10,13-14H2,1H3. The lowest BCUT2D eigenvalue weighted by atomic mass is 9.74. The van der Waals surface area contributed by atoms with E-state index in [1.165, 1.54) is 44.9 Å². The fourth-order valence-electron chi connectivity index (χ4n) is 4.68. The zero-order chi connectivity index (χ0) is 18.5. The summed E-state index contributed by atoms with van der Waals surface area (Å²) in [4.78, 5) is 0. The highest BCUT2D eigenvalue weighted by atomic mass is 19.3. The lowest BCUT2D eigenvalue weighted by Crippen LogP contribution is -2.16. The summed E-state index contributed by atoms with van der Waals surface area (Å²) in [7, 11) is 0. The molecule has 0 unspecified atom stereocenters.